The van der Waals surface area contributed by atoms with E-state index in [4.69, 9.17) is 0 Å². The molecule has 1 aliphatic heterocycles. The van der Waals surface area contributed by atoms with E-state index >= 15 is 0 Å². The molecule has 102 valence electrons. The lowest BCUT2D eigenvalue weighted by atomic mass is 10.1. The smallest absolute Gasteiger partial charge is 0.246 e. The Balaban J connectivity index is 2.15. The van der Waals surface area contributed by atoms with Gasteiger partial charge in [0.15, 0.2) is 0 Å². The molecular formula is C11H20N4O2S. The molecule has 0 spiro atoms. The first-order chi connectivity index (χ1) is 8.54. The van der Waals surface area contributed by atoms with Crippen molar-refractivity contribution in [1.29, 1.82) is 0 Å². The first kappa shape index (κ1) is 13.5. The van der Waals surface area contributed by atoms with Crippen LogP contribution in [0, 0.1) is 0 Å². The van der Waals surface area contributed by atoms with Gasteiger partial charge >= 0.3 is 0 Å². The Morgan fingerprint density at radius 3 is 2.94 bits per heavy atom. The first-order valence-electron chi connectivity index (χ1n) is 6.26. The molecule has 2 rings (SSSR count). The number of likely N-dealkylation sites (N-methyl/N-ethyl adjacent to an activating group) is 1. The number of aryl methyl sites for hydroxylation is 1. The fraction of sp³-hybridized carbons (Fsp3) is 0.727. The quantitative estimate of drug-likeness (QED) is 0.849. The Morgan fingerprint density at radius 1 is 1.56 bits per heavy atom. The lowest BCUT2D eigenvalue weighted by Gasteiger charge is -2.31. The summed E-state index contributed by atoms with van der Waals surface area (Å²) in [5.41, 5.74) is 0. The van der Waals surface area contributed by atoms with Gasteiger partial charge in [-0.1, -0.05) is 6.92 Å². The third-order valence-corrected chi connectivity index (χ3v) is 5.01. The van der Waals surface area contributed by atoms with Crippen LogP contribution in [0.2, 0.25) is 0 Å². The van der Waals surface area contributed by atoms with Crippen LogP contribution >= 0.6 is 0 Å². The molecule has 2 heterocycles. The van der Waals surface area contributed by atoms with Crippen LogP contribution in [0.5, 0.6) is 0 Å². The molecule has 18 heavy (non-hydrogen) atoms. The van der Waals surface area contributed by atoms with Crippen LogP contribution in [0.25, 0.3) is 0 Å². The number of aromatic nitrogens is 2. The highest BCUT2D eigenvalue weighted by atomic mass is 32.2. The lowest BCUT2D eigenvalue weighted by Crippen LogP contribution is -2.47. The summed E-state index contributed by atoms with van der Waals surface area (Å²) in [5, 5.41) is 7.24. The van der Waals surface area contributed by atoms with Gasteiger partial charge in [-0.2, -0.15) is 9.40 Å². The maximum Gasteiger partial charge on any atom is 0.246 e. The summed E-state index contributed by atoms with van der Waals surface area (Å²) in [6.45, 7) is 4.05. The molecule has 1 aromatic rings. The molecule has 1 fully saturated rings. The van der Waals surface area contributed by atoms with E-state index in [0.29, 0.717) is 13.1 Å². The van der Waals surface area contributed by atoms with Gasteiger partial charge in [-0.15, -0.1) is 0 Å². The van der Waals surface area contributed by atoms with E-state index in [1.54, 1.807) is 17.5 Å². The summed E-state index contributed by atoms with van der Waals surface area (Å²) in [6, 6.07) is 0.259. The van der Waals surface area contributed by atoms with Gasteiger partial charge in [0.05, 0.1) is 6.20 Å². The number of hydrogen-bond donors (Lipinski definition) is 1. The predicted octanol–water partition coefficient (Wildman–Crippen LogP) is 0.183. The molecule has 0 bridgehead atoms. The molecule has 1 aliphatic rings. The highest BCUT2D eigenvalue weighted by molar-refractivity contribution is 7.89. The van der Waals surface area contributed by atoms with Gasteiger partial charge in [0, 0.05) is 32.4 Å². The minimum atomic E-state index is -3.38. The van der Waals surface area contributed by atoms with Crippen LogP contribution in [-0.2, 0) is 17.1 Å². The highest BCUT2D eigenvalue weighted by Crippen LogP contribution is 2.20. The van der Waals surface area contributed by atoms with Crippen molar-refractivity contribution in [2.45, 2.75) is 30.7 Å². The van der Waals surface area contributed by atoms with Crippen LogP contribution in [0.1, 0.15) is 19.8 Å². The Morgan fingerprint density at radius 2 is 2.33 bits per heavy atom. The molecule has 0 aromatic carbocycles. The largest absolute Gasteiger partial charge is 0.313 e. The first-order valence-corrected chi connectivity index (χ1v) is 7.70. The summed E-state index contributed by atoms with van der Waals surface area (Å²) in [5.74, 6) is 0. The number of nitrogens with one attached hydrogen (secondary N) is 1. The van der Waals surface area contributed by atoms with E-state index in [-0.39, 0.29) is 10.9 Å². The monoisotopic (exact) mass is 272 g/mol. The van der Waals surface area contributed by atoms with E-state index < -0.39 is 10.0 Å². The van der Waals surface area contributed by atoms with Gasteiger partial charge in [0.25, 0.3) is 0 Å². The molecule has 7 heteroatoms. The maximum atomic E-state index is 12.4. The van der Waals surface area contributed by atoms with E-state index in [1.807, 2.05) is 6.92 Å². The summed E-state index contributed by atoms with van der Waals surface area (Å²) in [4.78, 5) is 0.280. The maximum absolute atomic E-state index is 12.4. The zero-order valence-electron chi connectivity index (χ0n) is 10.8. The summed E-state index contributed by atoms with van der Waals surface area (Å²) >= 11 is 0. The van der Waals surface area contributed by atoms with Crippen LogP contribution in [0.15, 0.2) is 17.3 Å². The summed E-state index contributed by atoms with van der Waals surface area (Å²) in [6.07, 6.45) is 4.89. The summed E-state index contributed by atoms with van der Waals surface area (Å²) < 4.78 is 27.9. The van der Waals surface area contributed by atoms with Gasteiger partial charge in [-0.05, 0) is 19.4 Å². The second-order valence-corrected chi connectivity index (χ2v) is 6.55. The fourth-order valence-electron chi connectivity index (χ4n) is 2.30. The molecule has 1 saturated heterocycles. The van der Waals surface area contributed by atoms with Crippen molar-refractivity contribution in [3.05, 3.63) is 12.4 Å². The molecule has 1 aromatic heterocycles. The van der Waals surface area contributed by atoms with E-state index in [2.05, 4.69) is 10.4 Å². The van der Waals surface area contributed by atoms with E-state index in [1.165, 1.54) is 10.9 Å². The third-order valence-electron chi connectivity index (χ3n) is 3.20. The van der Waals surface area contributed by atoms with Crippen LogP contribution in [-0.4, -0.2) is 48.2 Å². The minimum absolute atomic E-state index is 0.259. The van der Waals surface area contributed by atoms with Crippen molar-refractivity contribution in [2.24, 2.45) is 7.05 Å². The van der Waals surface area contributed by atoms with E-state index in [9.17, 15) is 8.42 Å². The molecular weight excluding hydrogens is 252 g/mol. The van der Waals surface area contributed by atoms with Crippen molar-refractivity contribution in [2.75, 3.05) is 19.6 Å². The Kier molecular flexibility index (Phi) is 4.04. The molecule has 1 N–H and O–H groups in total. The molecule has 6 nitrogen and oxygen atoms in total. The fourth-order valence-corrected chi connectivity index (χ4v) is 3.81. The normalized spacial score (nSPS) is 22.2. The van der Waals surface area contributed by atoms with Crippen molar-refractivity contribution < 1.29 is 8.42 Å². The Bertz CT molecular complexity index is 495. The minimum Gasteiger partial charge on any atom is -0.313 e. The average molecular weight is 272 g/mol. The highest BCUT2D eigenvalue weighted by Gasteiger charge is 2.30. The second kappa shape index (κ2) is 5.38. The topological polar surface area (TPSA) is 67.2 Å². The SMILES string of the molecule is CCNC1CCCN(S(=O)(=O)c2cnn(C)c2)C1. The van der Waals surface area contributed by atoms with Crippen molar-refractivity contribution in [3.8, 4) is 0 Å². The Labute approximate surface area is 108 Å². The van der Waals surface area contributed by atoms with Gasteiger partial charge in [0.2, 0.25) is 10.0 Å². The standard InChI is InChI=1S/C11H20N4O2S/c1-3-12-10-5-4-6-15(8-10)18(16,17)11-7-13-14(2)9-11/h7,9-10,12H,3-6,8H2,1-2H3. The molecule has 0 saturated carbocycles. The van der Waals surface area contributed by atoms with Crippen molar-refractivity contribution in [1.82, 2.24) is 19.4 Å². The molecule has 1 unspecified atom stereocenters. The van der Waals surface area contributed by atoms with Crippen LogP contribution in [0.4, 0.5) is 0 Å². The van der Waals surface area contributed by atoms with Crippen LogP contribution in [0.3, 0.4) is 0 Å². The van der Waals surface area contributed by atoms with Crippen LogP contribution < -0.4 is 5.32 Å². The lowest BCUT2D eigenvalue weighted by molar-refractivity contribution is 0.286. The predicted molar refractivity (Wildman–Crippen MR) is 68.7 cm³/mol. The molecule has 0 aliphatic carbocycles. The number of rotatable bonds is 4. The average Bonchev–Trinajstić information content (AvgIpc) is 2.77. The second-order valence-electron chi connectivity index (χ2n) is 4.61. The third kappa shape index (κ3) is 2.73. The van der Waals surface area contributed by atoms with Gasteiger partial charge in [-0.3, -0.25) is 4.68 Å². The van der Waals surface area contributed by atoms with Gasteiger partial charge < -0.3 is 5.32 Å². The number of piperidine rings is 1. The van der Waals surface area contributed by atoms with Gasteiger partial charge in [-0.25, -0.2) is 8.42 Å². The van der Waals surface area contributed by atoms with Crippen molar-refractivity contribution in [3.63, 3.8) is 0 Å². The van der Waals surface area contributed by atoms with Gasteiger partial charge in [0.1, 0.15) is 4.90 Å². The number of nitrogens with zero attached hydrogens (tertiary/aromatic N) is 3. The zero-order chi connectivity index (χ0) is 13.2. The molecule has 0 amide bonds. The number of hydrogen-bond acceptors (Lipinski definition) is 4. The van der Waals surface area contributed by atoms with Crippen molar-refractivity contribution >= 4 is 10.0 Å². The number of sulfonamides is 1. The van der Waals surface area contributed by atoms with E-state index in [0.717, 1.165) is 19.4 Å². The summed E-state index contributed by atoms with van der Waals surface area (Å²) in [7, 11) is -1.66. The zero-order valence-corrected chi connectivity index (χ0v) is 11.7. The molecule has 0 radical (unpaired) electrons. The molecule has 1 atom stereocenters. The Hall–Kier alpha value is -0.920.